The van der Waals surface area contributed by atoms with Crippen LogP contribution in [0.25, 0.3) is 22.3 Å². The third-order valence-corrected chi connectivity index (χ3v) is 4.18. The Labute approximate surface area is 147 Å². The minimum absolute atomic E-state index is 0.178. The Morgan fingerprint density at radius 3 is 2.35 bits per heavy atom. The van der Waals surface area contributed by atoms with Gasteiger partial charge in [0.25, 0.3) is 5.56 Å². The highest BCUT2D eigenvalue weighted by atomic mass is 19.1. The lowest BCUT2D eigenvalue weighted by Crippen LogP contribution is -2.22. The Bertz CT molecular complexity index is 1130. The molecule has 4 rings (SSSR count). The van der Waals surface area contributed by atoms with Gasteiger partial charge in [-0.15, -0.1) is 0 Å². The second-order valence-corrected chi connectivity index (χ2v) is 5.81. The van der Waals surface area contributed by atoms with E-state index >= 15 is 0 Å². The minimum atomic E-state index is -0.704. The first-order chi connectivity index (χ1) is 12.6. The van der Waals surface area contributed by atoms with Crippen LogP contribution in [0.3, 0.4) is 0 Å². The first kappa shape index (κ1) is 16.1. The maximum absolute atomic E-state index is 14.6. The van der Waals surface area contributed by atoms with E-state index in [0.29, 0.717) is 22.3 Å². The van der Waals surface area contributed by atoms with Gasteiger partial charge >= 0.3 is 0 Å². The summed E-state index contributed by atoms with van der Waals surface area (Å²) in [7, 11) is 0. The fourth-order valence-electron chi connectivity index (χ4n) is 2.88. The molecule has 0 aliphatic carbocycles. The van der Waals surface area contributed by atoms with E-state index in [2.05, 4.69) is 9.97 Å². The van der Waals surface area contributed by atoms with Gasteiger partial charge in [0, 0.05) is 11.8 Å². The van der Waals surface area contributed by atoms with Crippen LogP contribution < -0.4 is 5.56 Å². The Morgan fingerprint density at radius 1 is 0.885 bits per heavy atom. The van der Waals surface area contributed by atoms with Crippen LogP contribution in [0.2, 0.25) is 0 Å². The Balaban J connectivity index is 1.81. The van der Waals surface area contributed by atoms with Crippen LogP contribution >= 0.6 is 0 Å². The molecule has 4 nitrogen and oxygen atoms in total. The summed E-state index contributed by atoms with van der Waals surface area (Å²) in [5.41, 5.74) is 1.30. The number of nitrogens with zero attached hydrogens (tertiary/aromatic N) is 3. The minimum Gasteiger partial charge on any atom is -0.299 e. The van der Waals surface area contributed by atoms with Crippen molar-refractivity contribution in [2.45, 2.75) is 6.54 Å². The van der Waals surface area contributed by atoms with Crippen LogP contribution in [-0.2, 0) is 6.54 Å². The maximum Gasteiger partial charge on any atom is 0.269 e. The van der Waals surface area contributed by atoms with E-state index in [9.17, 15) is 13.6 Å². The molecule has 0 spiro atoms. The van der Waals surface area contributed by atoms with Gasteiger partial charge in [-0.1, -0.05) is 30.3 Å². The van der Waals surface area contributed by atoms with Gasteiger partial charge in [-0.25, -0.2) is 18.7 Å². The molecule has 0 bridgehead atoms. The number of fused-ring (bicyclic) bond motifs is 1. The van der Waals surface area contributed by atoms with Crippen molar-refractivity contribution >= 4 is 11.2 Å². The average Bonchev–Trinajstić information content (AvgIpc) is 2.66. The van der Waals surface area contributed by atoms with E-state index in [4.69, 9.17) is 0 Å². The summed E-state index contributed by atoms with van der Waals surface area (Å²) < 4.78 is 30.5. The van der Waals surface area contributed by atoms with E-state index in [0.717, 1.165) is 6.20 Å². The third-order valence-electron chi connectivity index (χ3n) is 4.18. The van der Waals surface area contributed by atoms with Gasteiger partial charge in [-0.2, -0.15) is 0 Å². The molecule has 26 heavy (non-hydrogen) atoms. The molecule has 4 aromatic rings. The summed E-state index contributed by atoms with van der Waals surface area (Å²) in [6.45, 7) is -0.240. The highest BCUT2D eigenvalue weighted by molar-refractivity contribution is 5.69. The molecule has 0 amide bonds. The van der Waals surface area contributed by atoms with Gasteiger partial charge < -0.3 is 0 Å². The standard InChI is InChI=1S/C20H13F2N3O/c21-16-9-14(13-5-2-1-3-6-13)10-17(22)15(16)12-25-18-7-4-8-23-20(18)24-11-19(25)26/h1-11H,12H2. The number of halogens is 2. The fraction of sp³-hybridized carbons (Fsp3) is 0.0500. The quantitative estimate of drug-likeness (QED) is 0.565. The van der Waals surface area contributed by atoms with Gasteiger partial charge in [-0.3, -0.25) is 9.36 Å². The van der Waals surface area contributed by atoms with Gasteiger partial charge in [0.2, 0.25) is 0 Å². The lowest BCUT2D eigenvalue weighted by Gasteiger charge is -2.12. The largest absolute Gasteiger partial charge is 0.299 e. The predicted molar refractivity (Wildman–Crippen MR) is 94.7 cm³/mol. The molecule has 0 saturated heterocycles. The summed E-state index contributed by atoms with van der Waals surface area (Å²) in [4.78, 5) is 20.2. The molecule has 0 saturated carbocycles. The molecule has 2 heterocycles. The average molecular weight is 349 g/mol. The zero-order valence-electron chi connectivity index (χ0n) is 13.6. The van der Waals surface area contributed by atoms with Crippen molar-refractivity contribution in [2.24, 2.45) is 0 Å². The maximum atomic E-state index is 14.6. The molecule has 0 radical (unpaired) electrons. The SMILES string of the molecule is O=c1cnc2ncccc2n1Cc1c(F)cc(-c2ccccc2)cc1F. The number of pyridine rings is 1. The second kappa shape index (κ2) is 6.48. The molecular weight excluding hydrogens is 336 g/mol. The van der Waals surface area contributed by atoms with Crippen molar-refractivity contribution in [2.75, 3.05) is 0 Å². The lowest BCUT2D eigenvalue weighted by atomic mass is 10.0. The van der Waals surface area contributed by atoms with Crippen molar-refractivity contribution in [3.8, 4) is 11.1 Å². The van der Waals surface area contributed by atoms with Crippen LogP contribution in [0.1, 0.15) is 5.56 Å². The van der Waals surface area contributed by atoms with Crippen molar-refractivity contribution in [3.63, 3.8) is 0 Å². The molecule has 0 unspecified atom stereocenters. The third kappa shape index (κ3) is 2.86. The number of hydrogen-bond acceptors (Lipinski definition) is 3. The molecule has 0 N–H and O–H groups in total. The summed E-state index contributed by atoms with van der Waals surface area (Å²) in [5.74, 6) is -1.41. The molecule has 0 aliphatic rings. The number of benzene rings is 2. The molecule has 0 aliphatic heterocycles. The smallest absolute Gasteiger partial charge is 0.269 e. The van der Waals surface area contributed by atoms with Gasteiger partial charge in [-0.05, 0) is 35.4 Å². The van der Waals surface area contributed by atoms with E-state index in [1.165, 1.54) is 16.7 Å². The molecule has 2 aromatic carbocycles. The molecule has 0 atom stereocenters. The first-order valence-corrected chi connectivity index (χ1v) is 7.97. The van der Waals surface area contributed by atoms with Crippen molar-refractivity contribution in [1.82, 2.24) is 14.5 Å². The molecule has 0 fully saturated rings. The molecule has 6 heteroatoms. The summed E-state index contributed by atoms with van der Waals surface area (Å²) in [6.07, 6.45) is 2.64. The zero-order chi connectivity index (χ0) is 18.1. The van der Waals surface area contributed by atoms with Gasteiger partial charge in [0.15, 0.2) is 5.65 Å². The van der Waals surface area contributed by atoms with Crippen LogP contribution in [0.5, 0.6) is 0 Å². The van der Waals surface area contributed by atoms with E-state index in [1.807, 2.05) is 6.07 Å². The highest BCUT2D eigenvalue weighted by Gasteiger charge is 2.15. The molecule has 128 valence electrons. The van der Waals surface area contributed by atoms with Crippen LogP contribution in [-0.4, -0.2) is 14.5 Å². The van der Waals surface area contributed by atoms with Gasteiger partial charge in [0.05, 0.1) is 18.3 Å². The van der Waals surface area contributed by atoms with Crippen molar-refractivity contribution in [1.29, 1.82) is 0 Å². The van der Waals surface area contributed by atoms with Crippen molar-refractivity contribution in [3.05, 3.63) is 94.5 Å². The normalized spacial score (nSPS) is 11.0. The second-order valence-electron chi connectivity index (χ2n) is 5.81. The fourth-order valence-corrected chi connectivity index (χ4v) is 2.88. The monoisotopic (exact) mass is 349 g/mol. The Kier molecular flexibility index (Phi) is 4.01. The van der Waals surface area contributed by atoms with E-state index < -0.39 is 17.2 Å². The predicted octanol–water partition coefficient (Wildman–Crippen LogP) is 3.79. The molecule has 2 aromatic heterocycles. The van der Waals surface area contributed by atoms with Gasteiger partial charge in [0.1, 0.15) is 11.6 Å². The topological polar surface area (TPSA) is 47.8 Å². The summed E-state index contributed by atoms with van der Waals surface area (Å²) in [5, 5.41) is 0. The molecular formula is C20H13F2N3O. The van der Waals surface area contributed by atoms with Crippen LogP contribution in [0.15, 0.2) is 71.8 Å². The van der Waals surface area contributed by atoms with Crippen LogP contribution in [0, 0.1) is 11.6 Å². The highest BCUT2D eigenvalue weighted by Crippen LogP contribution is 2.25. The zero-order valence-corrected chi connectivity index (χ0v) is 13.6. The lowest BCUT2D eigenvalue weighted by molar-refractivity contribution is 0.545. The van der Waals surface area contributed by atoms with E-state index in [-0.39, 0.29) is 12.1 Å². The summed E-state index contributed by atoms with van der Waals surface area (Å²) in [6, 6.07) is 14.8. The Morgan fingerprint density at radius 2 is 1.62 bits per heavy atom. The number of aromatic nitrogens is 3. The summed E-state index contributed by atoms with van der Waals surface area (Å²) >= 11 is 0. The van der Waals surface area contributed by atoms with Crippen molar-refractivity contribution < 1.29 is 8.78 Å². The first-order valence-electron chi connectivity index (χ1n) is 7.97. The number of rotatable bonds is 3. The number of hydrogen-bond donors (Lipinski definition) is 0. The van der Waals surface area contributed by atoms with E-state index in [1.54, 1.807) is 42.6 Å². The van der Waals surface area contributed by atoms with Crippen LogP contribution in [0.4, 0.5) is 8.78 Å². The Hall–Kier alpha value is -3.41.